The fourth-order valence-electron chi connectivity index (χ4n) is 2.90. The van der Waals surface area contributed by atoms with Crippen molar-refractivity contribution in [2.24, 2.45) is 0 Å². The van der Waals surface area contributed by atoms with Gasteiger partial charge in [-0.1, -0.05) is 6.07 Å². The first-order valence-electron chi connectivity index (χ1n) is 6.92. The van der Waals surface area contributed by atoms with E-state index in [0.29, 0.717) is 0 Å². The normalized spacial score (nSPS) is 17.7. The molecule has 0 unspecified atom stereocenters. The lowest BCUT2D eigenvalue weighted by Crippen LogP contribution is -2.37. The van der Waals surface area contributed by atoms with E-state index in [-0.39, 0.29) is 11.6 Å². The van der Waals surface area contributed by atoms with Gasteiger partial charge in [-0.05, 0) is 64.4 Å². The maximum Gasteiger partial charge on any atom is 0.178 e. The van der Waals surface area contributed by atoms with Crippen molar-refractivity contribution in [3.63, 3.8) is 0 Å². The number of hydrogen-bond donors (Lipinski definition) is 1. The zero-order chi connectivity index (χ0) is 13.6. The van der Waals surface area contributed by atoms with E-state index in [4.69, 9.17) is 17.0 Å². The first kappa shape index (κ1) is 12.7. The molecule has 1 fully saturated rings. The van der Waals surface area contributed by atoms with Crippen LogP contribution in [-0.2, 0) is 5.54 Å². The molecule has 1 aliphatic rings. The van der Waals surface area contributed by atoms with Crippen molar-refractivity contribution in [1.29, 1.82) is 0 Å². The Kier molecular flexibility index (Phi) is 2.93. The van der Waals surface area contributed by atoms with Gasteiger partial charge in [0, 0.05) is 5.54 Å². The van der Waals surface area contributed by atoms with Gasteiger partial charge in [0.2, 0.25) is 0 Å². The molecule has 0 spiro atoms. The summed E-state index contributed by atoms with van der Waals surface area (Å²) in [5, 5.41) is 0. The molecular formula is C15H20N2OS. The number of rotatable bonds is 3. The number of aromatic nitrogens is 2. The number of H-pyrrole nitrogens is 1. The fourth-order valence-corrected chi connectivity index (χ4v) is 3.32. The molecule has 3 nitrogen and oxygen atoms in total. The summed E-state index contributed by atoms with van der Waals surface area (Å²) in [7, 11) is 0. The Bertz CT molecular complexity index is 664. The van der Waals surface area contributed by atoms with Gasteiger partial charge in [0.25, 0.3) is 0 Å². The van der Waals surface area contributed by atoms with Crippen LogP contribution in [0, 0.1) is 4.77 Å². The highest BCUT2D eigenvalue weighted by Gasteiger charge is 2.35. The monoisotopic (exact) mass is 276 g/mol. The Morgan fingerprint density at radius 3 is 2.68 bits per heavy atom. The van der Waals surface area contributed by atoms with E-state index in [1.54, 1.807) is 0 Å². The van der Waals surface area contributed by atoms with Gasteiger partial charge >= 0.3 is 0 Å². The molecule has 0 aliphatic heterocycles. The number of hydrogen-bond acceptors (Lipinski definition) is 2. The number of para-hydroxylation sites is 1. The molecule has 3 rings (SSSR count). The third-order valence-electron chi connectivity index (χ3n) is 4.01. The van der Waals surface area contributed by atoms with Crippen LogP contribution < -0.4 is 4.74 Å². The Balaban J connectivity index is 2.20. The summed E-state index contributed by atoms with van der Waals surface area (Å²) < 4.78 is 8.94. The largest absolute Gasteiger partial charge is 0.489 e. The molecule has 0 bridgehead atoms. The SMILES string of the molecule is CC(C)Oc1cccc2c1[nH]c(=S)n2C1(C)CCC1. The summed E-state index contributed by atoms with van der Waals surface area (Å²) in [4.78, 5) is 3.33. The summed E-state index contributed by atoms with van der Waals surface area (Å²) in [5.74, 6) is 0.889. The number of aromatic amines is 1. The smallest absolute Gasteiger partial charge is 0.178 e. The van der Waals surface area contributed by atoms with E-state index < -0.39 is 0 Å². The lowest BCUT2D eigenvalue weighted by Gasteiger charge is -2.40. The molecule has 102 valence electrons. The molecule has 0 atom stereocenters. The first-order chi connectivity index (χ1) is 9.01. The Morgan fingerprint density at radius 1 is 1.37 bits per heavy atom. The lowest BCUT2D eigenvalue weighted by molar-refractivity contribution is 0.172. The average Bonchev–Trinajstić information content (AvgIpc) is 2.63. The number of nitrogens with one attached hydrogen (secondary N) is 1. The van der Waals surface area contributed by atoms with E-state index in [9.17, 15) is 0 Å². The van der Waals surface area contributed by atoms with E-state index in [1.807, 2.05) is 26.0 Å². The standard InChI is InChI=1S/C15H20N2OS/c1-10(2)18-12-7-4-6-11-13(12)16-14(19)17(11)15(3)8-5-9-15/h4,6-7,10H,5,8-9H2,1-3H3,(H,16,19). The maximum absolute atomic E-state index is 5.87. The van der Waals surface area contributed by atoms with Crippen LogP contribution in [0.25, 0.3) is 11.0 Å². The molecule has 0 radical (unpaired) electrons. The Morgan fingerprint density at radius 2 is 2.11 bits per heavy atom. The van der Waals surface area contributed by atoms with Gasteiger partial charge in [-0.2, -0.15) is 0 Å². The third-order valence-corrected chi connectivity index (χ3v) is 4.30. The lowest BCUT2D eigenvalue weighted by atomic mass is 9.78. The highest BCUT2D eigenvalue weighted by Crippen LogP contribution is 2.41. The van der Waals surface area contributed by atoms with Crippen molar-refractivity contribution in [3.8, 4) is 5.75 Å². The maximum atomic E-state index is 5.87. The van der Waals surface area contributed by atoms with Crippen molar-refractivity contribution in [2.45, 2.75) is 51.7 Å². The van der Waals surface area contributed by atoms with Crippen LogP contribution in [-0.4, -0.2) is 15.7 Å². The molecule has 1 N–H and O–H groups in total. The second-order valence-corrected chi connectivity index (χ2v) is 6.32. The molecule has 1 saturated carbocycles. The number of ether oxygens (including phenoxy) is 1. The predicted molar refractivity (Wildman–Crippen MR) is 80.4 cm³/mol. The third kappa shape index (κ3) is 1.98. The minimum atomic E-state index is 0.162. The van der Waals surface area contributed by atoms with Crippen LogP contribution >= 0.6 is 12.2 Å². The van der Waals surface area contributed by atoms with Crippen LogP contribution in [0.15, 0.2) is 18.2 Å². The number of benzene rings is 1. The molecule has 1 aromatic carbocycles. The van der Waals surface area contributed by atoms with Gasteiger partial charge in [-0.3, -0.25) is 0 Å². The van der Waals surface area contributed by atoms with Gasteiger partial charge in [0.1, 0.15) is 11.3 Å². The summed E-state index contributed by atoms with van der Waals surface area (Å²) in [5.41, 5.74) is 2.35. The van der Waals surface area contributed by atoms with Crippen molar-refractivity contribution < 1.29 is 4.74 Å². The fraction of sp³-hybridized carbons (Fsp3) is 0.533. The molecule has 0 saturated heterocycles. The zero-order valence-corrected chi connectivity index (χ0v) is 12.5. The molecular weight excluding hydrogens is 256 g/mol. The van der Waals surface area contributed by atoms with Crippen LogP contribution in [0.4, 0.5) is 0 Å². The van der Waals surface area contributed by atoms with Crippen molar-refractivity contribution in [1.82, 2.24) is 9.55 Å². The summed E-state index contributed by atoms with van der Waals surface area (Å²) in [6, 6.07) is 6.17. The summed E-state index contributed by atoms with van der Waals surface area (Å²) in [6.45, 7) is 6.37. The highest BCUT2D eigenvalue weighted by atomic mass is 32.1. The molecule has 4 heteroatoms. The summed E-state index contributed by atoms with van der Waals surface area (Å²) >= 11 is 5.53. The molecule has 1 aliphatic carbocycles. The van der Waals surface area contributed by atoms with E-state index in [2.05, 4.69) is 22.5 Å². The molecule has 2 aromatic rings. The zero-order valence-electron chi connectivity index (χ0n) is 11.7. The molecule has 1 aromatic heterocycles. The van der Waals surface area contributed by atoms with Gasteiger partial charge < -0.3 is 14.3 Å². The van der Waals surface area contributed by atoms with E-state index in [1.165, 1.54) is 19.3 Å². The number of fused-ring (bicyclic) bond motifs is 1. The van der Waals surface area contributed by atoms with Crippen molar-refractivity contribution in [3.05, 3.63) is 23.0 Å². The van der Waals surface area contributed by atoms with Gasteiger partial charge in [-0.15, -0.1) is 0 Å². The second kappa shape index (κ2) is 4.37. The molecule has 19 heavy (non-hydrogen) atoms. The van der Waals surface area contributed by atoms with E-state index in [0.717, 1.165) is 21.6 Å². The van der Waals surface area contributed by atoms with Crippen molar-refractivity contribution in [2.75, 3.05) is 0 Å². The van der Waals surface area contributed by atoms with E-state index >= 15 is 0 Å². The van der Waals surface area contributed by atoms with Crippen LogP contribution in [0.2, 0.25) is 0 Å². The Hall–Kier alpha value is -1.29. The topological polar surface area (TPSA) is 29.9 Å². The van der Waals surface area contributed by atoms with Crippen LogP contribution in [0.5, 0.6) is 5.75 Å². The summed E-state index contributed by atoms with van der Waals surface area (Å²) in [6.07, 6.45) is 3.84. The minimum Gasteiger partial charge on any atom is -0.489 e. The minimum absolute atomic E-state index is 0.162. The first-order valence-corrected chi connectivity index (χ1v) is 7.33. The molecule has 0 amide bonds. The van der Waals surface area contributed by atoms with Crippen LogP contribution in [0.1, 0.15) is 40.0 Å². The van der Waals surface area contributed by atoms with Crippen LogP contribution in [0.3, 0.4) is 0 Å². The second-order valence-electron chi connectivity index (χ2n) is 5.93. The Labute approximate surface area is 118 Å². The predicted octanol–water partition coefficient (Wildman–Crippen LogP) is 4.39. The highest BCUT2D eigenvalue weighted by molar-refractivity contribution is 7.71. The average molecular weight is 276 g/mol. The number of imidazole rings is 1. The van der Waals surface area contributed by atoms with Gasteiger partial charge in [-0.25, -0.2) is 0 Å². The quantitative estimate of drug-likeness (QED) is 0.843. The van der Waals surface area contributed by atoms with Crippen molar-refractivity contribution >= 4 is 23.3 Å². The number of nitrogens with zero attached hydrogens (tertiary/aromatic N) is 1. The van der Waals surface area contributed by atoms with Gasteiger partial charge in [0.15, 0.2) is 4.77 Å². The molecule has 1 heterocycles. The van der Waals surface area contributed by atoms with Gasteiger partial charge in [0.05, 0.1) is 11.6 Å².